The zero-order valence-electron chi connectivity index (χ0n) is 19.0. The van der Waals surface area contributed by atoms with Gasteiger partial charge in [0.2, 0.25) is 10.0 Å². The van der Waals surface area contributed by atoms with Crippen molar-refractivity contribution in [2.45, 2.75) is 16.7 Å². The lowest BCUT2D eigenvalue weighted by Crippen LogP contribution is -2.40. The highest BCUT2D eigenvalue weighted by molar-refractivity contribution is 7.92. The van der Waals surface area contributed by atoms with Crippen LogP contribution in [0, 0.1) is 6.92 Å². The quantitative estimate of drug-likeness (QED) is 0.499. The van der Waals surface area contributed by atoms with E-state index in [9.17, 15) is 21.6 Å². The third-order valence-corrected chi connectivity index (χ3v) is 8.76. The van der Waals surface area contributed by atoms with Crippen molar-refractivity contribution >= 4 is 37.3 Å². The van der Waals surface area contributed by atoms with Gasteiger partial charge in [0.05, 0.1) is 23.0 Å². The molecular formula is C24H25N3O6S2. The molecule has 0 aliphatic carbocycles. The van der Waals surface area contributed by atoms with Crippen LogP contribution in [0.2, 0.25) is 0 Å². The number of morpholine rings is 1. The molecule has 9 nitrogen and oxygen atoms in total. The summed E-state index contributed by atoms with van der Waals surface area (Å²) in [4.78, 5) is 12.9. The third-order valence-electron chi connectivity index (χ3n) is 5.45. The molecule has 0 bridgehead atoms. The van der Waals surface area contributed by atoms with Gasteiger partial charge in [-0.05, 0) is 67.6 Å². The molecule has 2 N–H and O–H groups in total. The van der Waals surface area contributed by atoms with E-state index in [0.29, 0.717) is 43.2 Å². The number of ether oxygens (including phenoxy) is 1. The average Bonchev–Trinajstić information content (AvgIpc) is 2.85. The van der Waals surface area contributed by atoms with E-state index in [-0.39, 0.29) is 9.79 Å². The summed E-state index contributed by atoms with van der Waals surface area (Å²) in [6.45, 7) is 3.20. The Kier molecular flexibility index (Phi) is 7.22. The maximum Gasteiger partial charge on any atom is 0.261 e. The van der Waals surface area contributed by atoms with Crippen LogP contribution in [0.3, 0.4) is 0 Å². The Morgan fingerprint density at radius 1 is 0.771 bits per heavy atom. The molecule has 1 aliphatic heterocycles. The minimum absolute atomic E-state index is 0.141. The van der Waals surface area contributed by atoms with Gasteiger partial charge in [0.25, 0.3) is 15.9 Å². The fraction of sp³-hybridized carbons (Fsp3) is 0.208. The highest BCUT2D eigenvalue weighted by Gasteiger charge is 2.26. The van der Waals surface area contributed by atoms with Crippen LogP contribution >= 0.6 is 0 Å². The molecule has 1 amide bonds. The minimum Gasteiger partial charge on any atom is -0.379 e. The Hall–Kier alpha value is -3.25. The molecule has 0 saturated carbocycles. The van der Waals surface area contributed by atoms with Crippen molar-refractivity contribution in [3.63, 3.8) is 0 Å². The predicted molar refractivity (Wildman–Crippen MR) is 132 cm³/mol. The first kappa shape index (κ1) is 24.9. The van der Waals surface area contributed by atoms with E-state index in [0.717, 1.165) is 5.56 Å². The van der Waals surface area contributed by atoms with Gasteiger partial charge in [0, 0.05) is 30.0 Å². The number of nitrogens with one attached hydrogen (secondary N) is 2. The lowest BCUT2D eigenvalue weighted by atomic mass is 10.2. The summed E-state index contributed by atoms with van der Waals surface area (Å²) in [6, 6.07) is 18.4. The Morgan fingerprint density at radius 3 is 1.91 bits per heavy atom. The lowest BCUT2D eigenvalue weighted by molar-refractivity contribution is 0.0730. The topological polar surface area (TPSA) is 122 Å². The molecule has 0 spiro atoms. The normalized spacial score (nSPS) is 14.9. The molecule has 3 aromatic rings. The first-order valence-corrected chi connectivity index (χ1v) is 13.8. The van der Waals surface area contributed by atoms with Gasteiger partial charge in [-0.2, -0.15) is 4.31 Å². The van der Waals surface area contributed by atoms with E-state index in [4.69, 9.17) is 4.74 Å². The van der Waals surface area contributed by atoms with E-state index in [2.05, 4.69) is 10.0 Å². The van der Waals surface area contributed by atoms with Crippen molar-refractivity contribution in [2.75, 3.05) is 36.3 Å². The number of carbonyl (C=O) groups excluding carboxylic acids is 1. The molecule has 0 unspecified atom stereocenters. The summed E-state index contributed by atoms with van der Waals surface area (Å²) in [5.41, 5.74) is 2.01. The SMILES string of the molecule is Cc1ccc(S(=O)(=O)Nc2ccc(C(=O)Nc3ccc(S(=O)(=O)N4CCOCC4)cc3)cc2)cc1. The standard InChI is InChI=1S/C24H25N3O6S2/c1-18-2-10-22(11-3-18)34(29,30)26-21-6-4-19(5-7-21)24(28)25-20-8-12-23(13-9-20)35(31,32)27-14-16-33-17-15-27/h2-13,26H,14-17H2,1H3,(H,25,28). The van der Waals surface area contributed by atoms with Gasteiger partial charge in [-0.25, -0.2) is 16.8 Å². The Bertz CT molecular complexity index is 1400. The fourth-order valence-corrected chi connectivity index (χ4v) is 5.94. The maximum atomic E-state index is 12.7. The number of hydrogen-bond donors (Lipinski definition) is 2. The van der Waals surface area contributed by atoms with Crippen molar-refractivity contribution < 1.29 is 26.4 Å². The van der Waals surface area contributed by atoms with Gasteiger partial charge >= 0.3 is 0 Å². The van der Waals surface area contributed by atoms with E-state index in [1.807, 2.05) is 6.92 Å². The number of hydrogen-bond acceptors (Lipinski definition) is 6. The number of rotatable bonds is 7. The van der Waals surface area contributed by atoms with Gasteiger partial charge in [-0.3, -0.25) is 9.52 Å². The molecule has 0 radical (unpaired) electrons. The predicted octanol–water partition coefficient (Wildman–Crippen LogP) is 3.07. The minimum atomic E-state index is -3.75. The van der Waals surface area contributed by atoms with Crippen molar-refractivity contribution in [3.05, 3.63) is 83.9 Å². The number of anilines is 2. The molecular weight excluding hydrogens is 490 g/mol. The summed E-state index contributed by atoms with van der Waals surface area (Å²) in [6.07, 6.45) is 0. The van der Waals surface area contributed by atoms with E-state index < -0.39 is 26.0 Å². The monoisotopic (exact) mass is 515 g/mol. The summed E-state index contributed by atoms with van der Waals surface area (Å²) in [7, 11) is -7.36. The Morgan fingerprint density at radius 2 is 1.31 bits per heavy atom. The zero-order valence-corrected chi connectivity index (χ0v) is 20.6. The first-order valence-electron chi connectivity index (χ1n) is 10.8. The second kappa shape index (κ2) is 10.2. The maximum absolute atomic E-state index is 12.7. The Balaban J connectivity index is 1.40. The molecule has 184 valence electrons. The molecule has 4 rings (SSSR count). The van der Waals surface area contributed by atoms with Crippen LogP contribution in [0.1, 0.15) is 15.9 Å². The van der Waals surface area contributed by atoms with Crippen LogP contribution in [0.15, 0.2) is 82.6 Å². The highest BCUT2D eigenvalue weighted by Crippen LogP contribution is 2.21. The number of amides is 1. The number of sulfonamides is 2. The third kappa shape index (κ3) is 5.88. The van der Waals surface area contributed by atoms with Crippen molar-refractivity contribution in [2.24, 2.45) is 0 Å². The van der Waals surface area contributed by atoms with Crippen molar-refractivity contribution in [1.82, 2.24) is 4.31 Å². The number of benzene rings is 3. The van der Waals surface area contributed by atoms with Gasteiger partial charge in [0.15, 0.2) is 0 Å². The van der Waals surface area contributed by atoms with Crippen molar-refractivity contribution in [1.29, 1.82) is 0 Å². The van der Waals surface area contributed by atoms with Crippen LogP contribution in [0.5, 0.6) is 0 Å². The van der Waals surface area contributed by atoms with E-state index in [1.165, 1.54) is 65.0 Å². The molecule has 1 heterocycles. The van der Waals surface area contributed by atoms with E-state index in [1.54, 1.807) is 12.1 Å². The van der Waals surface area contributed by atoms with Crippen LogP contribution < -0.4 is 10.0 Å². The Labute approximate surface area is 204 Å². The second-order valence-electron chi connectivity index (χ2n) is 7.99. The number of aryl methyl sites for hydroxylation is 1. The molecule has 35 heavy (non-hydrogen) atoms. The highest BCUT2D eigenvalue weighted by atomic mass is 32.2. The average molecular weight is 516 g/mol. The number of nitrogens with zero attached hydrogens (tertiary/aromatic N) is 1. The summed E-state index contributed by atoms with van der Waals surface area (Å²) < 4.78 is 59.6. The summed E-state index contributed by atoms with van der Waals surface area (Å²) >= 11 is 0. The number of carbonyl (C=O) groups is 1. The fourth-order valence-electron chi connectivity index (χ4n) is 3.47. The molecule has 1 fully saturated rings. The lowest BCUT2D eigenvalue weighted by Gasteiger charge is -2.26. The van der Waals surface area contributed by atoms with Gasteiger partial charge in [-0.15, -0.1) is 0 Å². The van der Waals surface area contributed by atoms with Crippen LogP contribution in [0.4, 0.5) is 11.4 Å². The van der Waals surface area contributed by atoms with Gasteiger partial charge in [0.1, 0.15) is 0 Å². The van der Waals surface area contributed by atoms with E-state index >= 15 is 0 Å². The van der Waals surface area contributed by atoms with Gasteiger partial charge in [-0.1, -0.05) is 17.7 Å². The summed E-state index contributed by atoms with van der Waals surface area (Å²) in [5, 5.41) is 2.71. The molecule has 3 aromatic carbocycles. The largest absolute Gasteiger partial charge is 0.379 e. The van der Waals surface area contributed by atoms with Crippen molar-refractivity contribution in [3.8, 4) is 0 Å². The van der Waals surface area contributed by atoms with Gasteiger partial charge < -0.3 is 10.1 Å². The zero-order chi connectivity index (χ0) is 25.1. The van der Waals surface area contributed by atoms with Crippen LogP contribution in [0.25, 0.3) is 0 Å². The second-order valence-corrected chi connectivity index (χ2v) is 11.6. The molecule has 0 atom stereocenters. The first-order chi connectivity index (χ1) is 16.6. The molecule has 11 heteroatoms. The molecule has 1 aliphatic rings. The van der Waals surface area contributed by atoms with Crippen LogP contribution in [-0.2, 0) is 24.8 Å². The molecule has 0 aromatic heterocycles. The smallest absolute Gasteiger partial charge is 0.261 e. The van der Waals surface area contributed by atoms with Crippen LogP contribution in [-0.4, -0.2) is 53.4 Å². The summed E-state index contributed by atoms with van der Waals surface area (Å²) in [5.74, 6) is -0.415. The molecule has 1 saturated heterocycles.